The second-order valence-corrected chi connectivity index (χ2v) is 8.69. The lowest BCUT2D eigenvalue weighted by atomic mass is 10.1. The molecule has 1 atom stereocenters. The van der Waals surface area contributed by atoms with E-state index in [-0.39, 0.29) is 23.3 Å². The number of sulfone groups is 1. The first-order valence-corrected chi connectivity index (χ1v) is 9.16. The highest BCUT2D eigenvalue weighted by Gasteiger charge is 2.35. The maximum absolute atomic E-state index is 12.3. The van der Waals surface area contributed by atoms with Gasteiger partial charge in [-0.15, -0.1) is 11.3 Å². The van der Waals surface area contributed by atoms with E-state index in [1.165, 1.54) is 11.3 Å². The van der Waals surface area contributed by atoms with Crippen LogP contribution in [0.3, 0.4) is 0 Å². The first-order valence-electron chi connectivity index (χ1n) is 6.14. The average Bonchev–Trinajstić information content (AvgIpc) is 2.91. The molecule has 0 aromatic carbocycles. The molecule has 106 valence electrons. The van der Waals surface area contributed by atoms with Gasteiger partial charge in [0.25, 0.3) is 0 Å². The van der Waals surface area contributed by atoms with Gasteiger partial charge < -0.3 is 4.90 Å². The standard InChI is InChI=1S/C12H16ClNO3S2/c1-2-14(7-10-3-4-11(13)18-10)12(15)9-5-6-19(16,17)8-9/h3-4,9H,2,5-8H2,1H3. The molecule has 1 aromatic rings. The summed E-state index contributed by atoms with van der Waals surface area (Å²) >= 11 is 7.31. The minimum atomic E-state index is -3.02. The van der Waals surface area contributed by atoms with Gasteiger partial charge in [-0.3, -0.25) is 4.79 Å². The molecule has 2 rings (SSSR count). The Morgan fingerprint density at radius 3 is 2.74 bits per heavy atom. The summed E-state index contributed by atoms with van der Waals surface area (Å²) < 4.78 is 23.6. The van der Waals surface area contributed by atoms with E-state index in [9.17, 15) is 13.2 Å². The first kappa shape index (κ1) is 14.8. The molecule has 0 aliphatic carbocycles. The second kappa shape index (κ2) is 5.81. The third-order valence-electron chi connectivity index (χ3n) is 3.25. The Morgan fingerprint density at radius 2 is 2.26 bits per heavy atom. The van der Waals surface area contributed by atoms with Crippen molar-refractivity contribution in [2.24, 2.45) is 5.92 Å². The van der Waals surface area contributed by atoms with Crippen molar-refractivity contribution in [1.82, 2.24) is 4.90 Å². The summed E-state index contributed by atoms with van der Waals surface area (Å²) in [6.07, 6.45) is 0.447. The molecule has 0 saturated carbocycles. The summed E-state index contributed by atoms with van der Waals surface area (Å²) in [6.45, 7) is 2.98. The molecule has 0 N–H and O–H groups in total. The van der Waals surface area contributed by atoms with Crippen molar-refractivity contribution in [2.45, 2.75) is 19.9 Å². The molecule has 0 spiro atoms. The van der Waals surface area contributed by atoms with Crippen molar-refractivity contribution in [3.8, 4) is 0 Å². The molecule has 19 heavy (non-hydrogen) atoms. The fraction of sp³-hybridized carbons (Fsp3) is 0.583. The quantitative estimate of drug-likeness (QED) is 0.854. The fourth-order valence-corrected chi connectivity index (χ4v) is 5.05. The molecule has 7 heteroatoms. The summed E-state index contributed by atoms with van der Waals surface area (Å²) in [5.74, 6) is -0.312. The van der Waals surface area contributed by atoms with Gasteiger partial charge in [-0.05, 0) is 25.5 Å². The summed E-state index contributed by atoms with van der Waals surface area (Å²) in [4.78, 5) is 15.0. The van der Waals surface area contributed by atoms with Gasteiger partial charge in [0, 0.05) is 11.4 Å². The highest BCUT2D eigenvalue weighted by atomic mass is 35.5. The molecular formula is C12H16ClNO3S2. The Balaban J connectivity index is 2.03. The van der Waals surface area contributed by atoms with E-state index in [0.29, 0.717) is 23.8 Å². The van der Waals surface area contributed by atoms with Crippen molar-refractivity contribution in [2.75, 3.05) is 18.1 Å². The Labute approximate surface area is 122 Å². The normalized spacial score (nSPS) is 21.5. The van der Waals surface area contributed by atoms with E-state index in [0.717, 1.165) is 4.88 Å². The minimum absolute atomic E-state index is 0.00642. The Bertz CT molecular complexity index is 567. The number of halogens is 1. The molecule has 4 nitrogen and oxygen atoms in total. The van der Waals surface area contributed by atoms with Gasteiger partial charge >= 0.3 is 0 Å². The number of carbonyl (C=O) groups excluding carboxylic acids is 1. The lowest BCUT2D eigenvalue weighted by Gasteiger charge is -2.23. The Hall–Kier alpha value is -0.590. The zero-order chi connectivity index (χ0) is 14.0. The molecule has 0 radical (unpaired) electrons. The first-order chi connectivity index (χ1) is 8.91. The van der Waals surface area contributed by atoms with Crippen molar-refractivity contribution in [3.05, 3.63) is 21.3 Å². The van der Waals surface area contributed by atoms with Gasteiger partial charge in [0.15, 0.2) is 9.84 Å². The number of carbonyl (C=O) groups is 1. The van der Waals surface area contributed by atoms with Gasteiger partial charge in [-0.2, -0.15) is 0 Å². The van der Waals surface area contributed by atoms with E-state index in [1.807, 2.05) is 13.0 Å². The third-order valence-corrected chi connectivity index (χ3v) is 6.23. The van der Waals surface area contributed by atoms with E-state index >= 15 is 0 Å². The van der Waals surface area contributed by atoms with Crippen LogP contribution in [0, 0.1) is 5.92 Å². The monoisotopic (exact) mass is 321 g/mol. The highest BCUT2D eigenvalue weighted by molar-refractivity contribution is 7.91. The molecule has 1 aliphatic heterocycles. The molecular weight excluding hydrogens is 306 g/mol. The van der Waals surface area contributed by atoms with Crippen LogP contribution >= 0.6 is 22.9 Å². The molecule has 1 fully saturated rings. The zero-order valence-corrected chi connectivity index (χ0v) is 13.0. The van der Waals surface area contributed by atoms with Crippen LogP contribution in [0.2, 0.25) is 4.34 Å². The SMILES string of the molecule is CCN(Cc1ccc(Cl)s1)C(=O)C1CCS(=O)(=O)C1. The highest BCUT2D eigenvalue weighted by Crippen LogP contribution is 2.25. The van der Waals surface area contributed by atoms with Crippen molar-refractivity contribution < 1.29 is 13.2 Å². The number of hydrogen-bond acceptors (Lipinski definition) is 4. The molecule has 0 bridgehead atoms. The Kier molecular flexibility index (Phi) is 4.53. The number of hydrogen-bond donors (Lipinski definition) is 0. The zero-order valence-electron chi connectivity index (χ0n) is 10.6. The number of amides is 1. The van der Waals surface area contributed by atoms with Gasteiger partial charge in [0.1, 0.15) is 0 Å². The predicted molar refractivity (Wildman–Crippen MR) is 77.2 cm³/mol. The van der Waals surface area contributed by atoms with Crippen LogP contribution in [0.4, 0.5) is 0 Å². The Morgan fingerprint density at radius 1 is 1.53 bits per heavy atom. The summed E-state index contributed by atoms with van der Waals surface area (Å²) in [5.41, 5.74) is 0. The lowest BCUT2D eigenvalue weighted by Crippen LogP contribution is -2.35. The van der Waals surface area contributed by atoms with Gasteiger partial charge in [-0.1, -0.05) is 11.6 Å². The topological polar surface area (TPSA) is 54.5 Å². The summed E-state index contributed by atoms with van der Waals surface area (Å²) in [5, 5.41) is 0. The fourth-order valence-electron chi connectivity index (χ4n) is 2.22. The van der Waals surface area contributed by atoms with Crippen molar-refractivity contribution in [3.63, 3.8) is 0 Å². The second-order valence-electron chi connectivity index (χ2n) is 4.66. The maximum atomic E-state index is 12.3. The summed E-state index contributed by atoms with van der Waals surface area (Å²) in [7, 11) is -3.02. The number of rotatable bonds is 4. The number of nitrogens with zero attached hydrogens (tertiary/aromatic N) is 1. The van der Waals surface area contributed by atoms with E-state index in [4.69, 9.17) is 11.6 Å². The van der Waals surface area contributed by atoms with E-state index in [1.54, 1.807) is 11.0 Å². The van der Waals surface area contributed by atoms with Gasteiger partial charge in [-0.25, -0.2) is 8.42 Å². The van der Waals surface area contributed by atoms with E-state index < -0.39 is 9.84 Å². The molecule has 1 saturated heterocycles. The van der Waals surface area contributed by atoms with Crippen LogP contribution in [0.15, 0.2) is 12.1 Å². The minimum Gasteiger partial charge on any atom is -0.338 e. The van der Waals surface area contributed by atoms with Crippen LogP contribution in [-0.2, 0) is 21.2 Å². The van der Waals surface area contributed by atoms with Crippen LogP contribution in [0.1, 0.15) is 18.2 Å². The van der Waals surface area contributed by atoms with E-state index in [2.05, 4.69) is 0 Å². The van der Waals surface area contributed by atoms with Crippen LogP contribution in [0.25, 0.3) is 0 Å². The van der Waals surface area contributed by atoms with Crippen LogP contribution in [-0.4, -0.2) is 37.3 Å². The maximum Gasteiger partial charge on any atom is 0.227 e. The molecule has 1 amide bonds. The molecule has 2 heterocycles. The summed E-state index contributed by atoms with van der Waals surface area (Å²) in [6, 6.07) is 3.70. The van der Waals surface area contributed by atoms with Crippen molar-refractivity contribution in [1.29, 1.82) is 0 Å². The van der Waals surface area contributed by atoms with Gasteiger partial charge in [0.05, 0.1) is 28.3 Å². The van der Waals surface area contributed by atoms with Gasteiger partial charge in [0.2, 0.25) is 5.91 Å². The molecule has 1 aliphatic rings. The largest absolute Gasteiger partial charge is 0.338 e. The number of thiophene rings is 1. The molecule has 1 aromatic heterocycles. The van der Waals surface area contributed by atoms with Crippen molar-refractivity contribution >= 4 is 38.7 Å². The van der Waals surface area contributed by atoms with Crippen LogP contribution < -0.4 is 0 Å². The predicted octanol–water partition coefficient (Wildman–Crippen LogP) is 2.18. The molecule has 1 unspecified atom stereocenters. The third kappa shape index (κ3) is 3.70. The average molecular weight is 322 g/mol. The smallest absolute Gasteiger partial charge is 0.227 e. The van der Waals surface area contributed by atoms with Crippen LogP contribution in [0.5, 0.6) is 0 Å². The lowest BCUT2D eigenvalue weighted by molar-refractivity contribution is -0.135.